The minimum atomic E-state index is 0.330. The quantitative estimate of drug-likeness (QED) is 0.849. The van der Waals surface area contributed by atoms with Gasteiger partial charge in [-0.15, -0.1) is 0 Å². The Labute approximate surface area is 147 Å². The van der Waals surface area contributed by atoms with E-state index in [-0.39, 0.29) is 0 Å². The summed E-state index contributed by atoms with van der Waals surface area (Å²) in [6.07, 6.45) is 5.76. The van der Waals surface area contributed by atoms with Crippen molar-refractivity contribution in [2.24, 2.45) is 5.92 Å². The third-order valence-electron chi connectivity index (χ3n) is 5.11. The lowest BCUT2D eigenvalue weighted by Gasteiger charge is -2.34. The number of aromatic nitrogens is 3. The minimum Gasteiger partial charge on any atom is -0.357 e. The molecule has 0 atom stereocenters. The largest absolute Gasteiger partial charge is 0.357 e. The van der Waals surface area contributed by atoms with E-state index in [0.29, 0.717) is 23.5 Å². The molecule has 0 N–H and O–H groups in total. The van der Waals surface area contributed by atoms with Crippen molar-refractivity contribution in [3.8, 4) is 11.5 Å². The number of likely N-dealkylation sites (tertiary alicyclic amines) is 1. The van der Waals surface area contributed by atoms with Gasteiger partial charge in [0.2, 0.25) is 5.91 Å². The van der Waals surface area contributed by atoms with Crippen molar-refractivity contribution in [1.82, 2.24) is 20.0 Å². The molecule has 0 radical (unpaired) electrons. The van der Waals surface area contributed by atoms with E-state index in [0.717, 1.165) is 63.2 Å². The van der Waals surface area contributed by atoms with Crippen molar-refractivity contribution < 1.29 is 9.32 Å². The van der Waals surface area contributed by atoms with E-state index < -0.39 is 0 Å². The summed E-state index contributed by atoms with van der Waals surface area (Å²) in [5.41, 5.74) is 0.840. The molecule has 4 rings (SSSR count). The Balaban J connectivity index is 1.33. The van der Waals surface area contributed by atoms with Gasteiger partial charge in [-0.25, -0.2) is 4.98 Å². The van der Waals surface area contributed by atoms with Gasteiger partial charge in [0.25, 0.3) is 5.89 Å². The smallest absolute Gasteiger partial charge is 0.259 e. The van der Waals surface area contributed by atoms with Crippen LogP contribution in [0.15, 0.2) is 22.9 Å². The SMILES string of the molecule is Cc1noc(-c2ccc(N3CCC(CN4CCCC4=O)CC3)nc2)n1. The van der Waals surface area contributed by atoms with Gasteiger partial charge in [0, 0.05) is 38.8 Å². The van der Waals surface area contributed by atoms with Crippen LogP contribution in [-0.4, -0.2) is 52.1 Å². The molecule has 0 unspecified atom stereocenters. The molecular formula is C18H23N5O2. The van der Waals surface area contributed by atoms with Gasteiger partial charge in [-0.2, -0.15) is 4.98 Å². The van der Waals surface area contributed by atoms with Gasteiger partial charge in [-0.3, -0.25) is 4.79 Å². The Morgan fingerprint density at radius 3 is 2.68 bits per heavy atom. The number of piperidine rings is 1. The molecule has 7 nitrogen and oxygen atoms in total. The molecule has 25 heavy (non-hydrogen) atoms. The molecule has 2 aromatic heterocycles. The summed E-state index contributed by atoms with van der Waals surface area (Å²) < 4.78 is 5.17. The van der Waals surface area contributed by atoms with Gasteiger partial charge >= 0.3 is 0 Å². The van der Waals surface area contributed by atoms with Gasteiger partial charge in [0.05, 0.1) is 5.56 Å². The van der Waals surface area contributed by atoms with Gasteiger partial charge in [-0.05, 0) is 44.2 Å². The molecular weight excluding hydrogens is 318 g/mol. The van der Waals surface area contributed by atoms with E-state index in [1.54, 1.807) is 13.1 Å². The van der Waals surface area contributed by atoms with Crippen LogP contribution in [0, 0.1) is 12.8 Å². The fraction of sp³-hybridized carbons (Fsp3) is 0.556. The number of pyridine rings is 1. The average Bonchev–Trinajstić information content (AvgIpc) is 3.25. The van der Waals surface area contributed by atoms with Crippen molar-refractivity contribution >= 4 is 11.7 Å². The third kappa shape index (κ3) is 3.50. The predicted octanol–water partition coefficient (Wildman–Crippen LogP) is 2.28. The molecule has 4 heterocycles. The Morgan fingerprint density at radius 2 is 2.08 bits per heavy atom. The highest BCUT2D eigenvalue weighted by Gasteiger charge is 2.26. The van der Waals surface area contributed by atoms with Gasteiger partial charge in [0.1, 0.15) is 5.82 Å². The molecule has 2 aliphatic heterocycles. The number of amides is 1. The first-order valence-corrected chi connectivity index (χ1v) is 8.98. The number of rotatable bonds is 4. The summed E-state index contributed by atoms with van der Waals surface area (Å²) >= 11 is 0. The Morgan fingerprint density at radius 1 is 1.24 bits per heavy atom. The van der Waals surface area contributed by atoms with Crippen molar-refractivity contribution in [1.29, 1.82) is 0 Å². The highest BCUT2D eigenvalue weighted by atomic mass is 16.5. The van der Waals surface area contributed by atoms with Gasteiger partial charge < -0.3 is 14.3 Å². The highest BCUT2D eigenvalue weighted by molar-refractivity contribution is 5.78. The molecule has 2 saturated heterocycles. The van der Waals surface area contributed by atoms with Crippen LogP contribution in [0.1, 0.15) is 31.5 Å². The number of hydrogen-bond acceptors (Lipinski definition) is 6. The van der Waals surface area contributed by atoms with Crippen molar-refractivity contribution in [3.05, 3.63) is 24.2 Å². The van der Waals surface area contributed by atoms with Crippen LogP contribution in [0.3, 0.4) is 0 Å². The second-order valence-corrected chi connectivity index (χ2v) is 6.93. The van der Waals surface area contributed by atoms with Gasteiger partial charge in [-0.1, -0.05) is 5.16 Å². The molecule has 0 bridgehead atoms. The van der Waals surface area contributed by atoms with Crippen molar-refractivity contribution in [3.63, 3.8) is 0 Å². The maximum Gasteiger partial charge on any atom is 0.259 e. The van der Waals surface area contributed by atoms with Crippen molar-refractivity contribution in [2.75, 3.05) is 31.1 Å². The fourth-order valence-corrected chi connectivity index (χ4v) is 3.67. The zero-order valence-electron chi connectivity index (χ0n) is 14.5. The number of anilines is 1. The van der Waals surface area contributed by atoms with E-state index in [9.17, 15) is 4.79 Å². The van der Waals surface area contributed by atoms with Crippen LogP contribution in [0.4, 0.5) is 5.82 Å². The molecule has 1 amide bonds. The molecule has 2 fully saturated rings. The Kier molecular flexibility index (Phi) is 4.38. The summed E-state index contributed by atoms with van der Waals surface area (Å²) in [6.45, 7) is 5.64. The fourth-order valence-electron chi connectivity index (χ4n) is 3.67. The molecule has 0 aromatic carbocycles. The van der Waals surface area contributed by atoms with Crippen LogP contribution < -0.4 is 4.90 Å². The molecule has 0 saturated carbocycles. The van der Waals surface area contributed by atoms with Crippen LogP contribution in [0.25, 0.3) is 11.5 Å². The number of carbonyl (C=O) groups excluding carboxylic acids is 1. The van der Waals surface area contributed by atoms with E-state index in [2.05, 4.69) is 20.0 Å². The van der Waals surface area contributed by atoms with Crippen LogP contribution in [0.5, 0.6) is 0 Å². The lowest BCUT2D eigenvalue weighted by Crippen LogP contribution is -2.39. The van der Waals surface area contributed by atoms with E-state index >= 15 is 0 Å². The monoisotopic (exact) mass is 341 g/mol. The van der Waals surface area contributed by atoms with Crippen LogP contribution in [-0.2, 0) is 4.79 Å². The maximum atomic E-state index is 11.8. The number of hydrogen-bond donors (Lipinski definition) is 0. The number of carbonyl (C=O) groups is 1. The summed E-state index contributed by atoms with van der Waals surface area (Å²) in [5.74, 6) is 3.05. The summed E-state index contributed by atoms with van der Waals surface area (Å²) in [6, 6.07) is 3.99. The highest BCUT2D eigenvalue weighted by Crippen LogP contribution is 2.25. The molecule has 7 heteroatoms. The average molecular weight is 341 g/mol. The maximum absolute atomic E-state index is 11.8. The summed E-state index contributed by atoms with van der Waals surface area (Å²) in [5, 5.41) is 3.81. The zero-order chi connectivity index (χ0) is 17.2. The lowest BCUT2D eigenvalue weighted by atomic mass is 9.96. The lowest BCUT2D eigenvalue weighted by molar-refractivity contribution is -0.128. The molecule has 0 aliphatic carbocycles. The zero-order valence-corrected chi connectivity index (χ0v) is 14.5. The summed E-state index contributed by atoms with van der Waals surface area (Å²) in [7, 11) is 0. The van der Waals surface area contributed by atoms with E-state index in [4.69, 9.17) is 4.52 Å². The minimum absolute atomic E-state index is 0.330. The normalized spacial score (nSPS) is 19.0. The first-order chi connectivity index (χ1) is 12.2. The van der Waals surface area contributed by atoms with Crippen LogP contribution in [0.2, 0.25) is 0 Å². The van der Waals surface area contributed by atoms with E-state index in [1.165, 1.54) is 0 Å². The summed E-state index contributed by atoms with van der Waals surface area (Å²) in [4.78, 5) is 24.9. The third-order valence-corrected chi connectivity index (χ3v) is 5.11. The molecule has 0 spiro atoms. The predicted molar refractivity (Wildman–Crippen MR) is 93.0 cm³/mol. The topological polar surface area (TPSA) is 75.4 Å². The second kappa shape index (κ2) is 6.82. The second-order valence-electron chi connectivity index (χ2n) is 6.93. The van der Waals surface area contributed by atoms with Gasteiger partial charge in [0.15, 0.2) is 5.82 Å². The first-order valence-electron chi connectivity index (χ1n) is 8.98. The number of aryl methyl sites for hydroxylation is 1. The van der Waals surface area contributed by atoms with Crippen LogP contribution >= 0.6 is 0 Å². The van der Waals surface area contributed by atoms with E-state index in [1.807, 2.05) is 17.0 Å². The number of nitrogens with zero attached hydrogens (tertiary/aromatic N) is 5. The molecule has 132 valence electrons. The molecule has 2 aromatic rings. The first kappa shape index (κ1) is 16.1. The Hall–Kier alpha value is -2.44. The van der Waals surface area contributed by atoms with Crippen molar-refractivity contribution in [2.45, 2.75) is 32.6 Å². The standard InChI is InChI=1S/C18H23N5O2/c1-13-20-18(25-21-13)15-4-5-16(19-11-15)22-9-6-14(7-10-22)12-23-8-2-3-17(23)24/h4-5,11,14H,2-3,6-10,12H2,1H3. The molecule has 2 aliphatic rings. The Bertz CT molecular complexity index is 734.